The normalized spacial score (nSPS) is 10.4. The molecular weight excluding hydrogens is 253 g/mol. The molecule has 0 heterocycles. The van der Waals surface area contributed by atoms with Crippen molar-refractivity contribution in [2.45, 2.75) is 6.92 Å². The summed E-state index contributed by atoms with van der Waals surface area (Å²) in [5, 5.41) is 0.372. The number of halogens is 2. The molecule has 0 saturated carbocycles. The lowest BCUT2D eigenvalue weighted by Crippen LogP contribution is -2.05. The van der Waals surface area contributed by atoms with Gasteiger partial charge in [-0.15, -0.1) is 0 Å². The average molecular weight is 264 g/mol. The molecule has 0 saturated heterocycles. The third-order valence-corrected chi connectivity index (χ3v) is 2.97. The van der Waals surface area contributed by atoms with Crippen LogP contribution in [0, 0.1) is 12.7 Å². The van der Waals surface area contributed by atoms with Gasteiger partial charge in [-0.2, -0.15) is 0 Å². The Balaban J connectivity index is 2.47. The number of anilines is 1. The summed E-state index contributed by atoms with van der Waals surface area (Å²) in [7, 11) is 0. The highest BCUT2D eigenvalue weighted by molar-refractivity contribution is 6.33. The minimum atomic E-state index is -0.542. The van der Waals surface area contributed by atoms with Gasteiger partial charge in [-0.25, -0.2) is 4.39 Å². The largest absolute Gasteiger partial charge is 0.398 e. The fraction of sp³-hybridized carbons (Fsp3) is 0.0714. The number of nitrogen functional groups attached to an aromatic ring is 1. The average Bonchev–Trinajstić information content (AvgIpc) is 2.35. The summed E-state index contributed by atoms with van der Waals surface area (Å²) in [6.45, 7) is 1.80. The highest BCUT2D eigenvalue weighted by Gasteiger charge is 2.14. The molecule has 4 heteroatoms. The molecule has 0 bridgehead atoms. The first-order valence-corrected chi connectivity index (χ1v) is 5.72. The van der Waals surface area contributed by atoms with Crippen LogP contribution in [0.15, 0.2) is 36.4 Å². The first kappa shape index (κ1) is 12.6. The van der Waals surface area contributed by atoms with Crippen LogP contribution >= 0.6 is 11.6 Å². The summed E-state index contributed by atoms with van der Waals surface area (Å²) in [6.07, 6.45) is 0. The van der Waals surface area contributed by atoms with Crippen LogP contribution in [0.5, 0.6) is 0 Å². The molecule has 2 N–H and O–H groups in total. The maximum Gasteiger partial charge on any atom is 0.196 e. The van der Waals surface area contributed by atoms with E-state index >= 15 is 0 Å². The second kappa shape index (κ2) is 4.78. The third-order valence-electron chi connectivity index (χ3n) is 2.62. The van der Waals surface area contributed by atoms with Crippen molar-refractivity contribution < 1.29 is 9.18 Å². The summed E-state index contributed by atoms with van der Waals surface area (Å²) in [6, 6.07) is 8.92. The standard InChI is InChI=1S/C14H11ClFNO/c1-8-2-5-12(16)10(6-8)14(18)9-3-4-11(15)13(17)7-9/h2-7H,17H2,1H3. The van der Waals surface area contributed by atoms with Crippen LogP contribution in [0.3, 0.4) is 0 Å². The van der Waals surface area contributed by atoms with E-state index in [0.717, 1.165) is 5.56 Å². The van der Waals surface area contributed by atoms with Gasteiger partial charge >= 0.3 is 0 Å². The number of hydrogen-bond acceptors (Lipinski definition) is 2. The molecule has 0 amide bonds. The van der Waals surface area contributed by atoms with Crippen LogP contribution in [-0.2, 0) is 0 Å². The molecule has 2 rings (SSSR count). The van der Waals surface area contributed by atoms with E-state index in [9.17, 15) is 9.18 Å². The summed E-state index contributed by atoms with van der Waals surface area (Å²) < 4.78 is 13.6. The van der Waals surface area contributed by atoms with Gasteiger partial charge in [0.15, 0.2) is 5.78 Å². The number of ketones is 1. The van der Waals surface area contributed by atoms with Gasteiger partial charge in [0.05, 0.1) is 16.3 Å². The number of nitrogens with two attached hydrogens (primary N) is 1. The SMILES string of the molecule is Cc1ccc(F)c(C(=O)c2ccc(Cl)c(N)c2)c1. The molecule has 0 spiro atoms. The van der Waals surface area contributed by atoms with Gasteiger partial charge in [0, 0.05) is 5.56 Å². The topological polar surface area (TPSA) is 43.1 Å². The number of carbonyl (C=O) groups is 1. The first-order valence-electron chi connectivity index (χ1n) is 5.35. The number of carbonyl (C=O) groups excluding carboxylic acids is 1. The van der Waals surface area contributed by atoms with Crippen molar-refractivity contribution in [1.29, 1.82) is 0 Å². The summed E-state index contributed by atoms with van der Waals surface area (Å²) in [5.74, 6) is -0.946. The van der Waals surface area contributed by atoms with Crippen molar-refractivity contribution in [1.82, 2.24) is 0 Å². The minimum absolute atomic E-state index is 0.0386. The van der Waals surface area contributed by atoms with Crippen LogP contribution in [0.2, 0.25) is 5.02 Å². The van der Waals surface area contributed by atoms with Crippen molar-refractivity contribution in [3.05, 3.63) is 63.9 Å². The van der Waals surface area contributed by atoms with E-state index in [1.165, 1.54) is 30.3 Å². The van der Waals surface area contributed by atoms with Crippen molar-refractivity contribution >= 4 is 23.1 Å². The maximum absolute atomic E-state index is 13.6. The van der Waals surface area contributed by atoms with E-state index in [1.807, 2.05) is 0 Å². The predicted molar refractivity (Wildman–Crippen MR) is 70.4 cm³/mol. The van der Waals surface area contributed by atoms with Crippen LogP contribution in [-0.4, -0.2) is 5.78 Å². The van der Waals surface area contributed by atoms with E-state index in [0.29, 0.717) is 16.3 Å². The molecule has 92 valence electrons. The van der Waals surface area contributed by atoms with E-state index in [-0.39, 0.29) is 5.56 Å². The fourth-order valence-electron chi connectivity index (χ4n) is 1.65. The van der Waals surface area contributed by atoms with Crippen LogP contribution in [0.25, 0.3) is 0 Å². The molecule has 2 aromatic carbocycles. The Morgan fingerprint density at radius 2 is 1.94 bits per heavy atom. The summed E-state index contributed by atoms with van der Waals surface area (Å²) in [5.41, 5.74) is 7.11. The molecule has 0 atom stereocenters. The maximum atomic E-state index is 13.6. The molecule has 18 heavy (non-hydrogen) atoms. The van der Waals surface area contributed by atoms with Crippen molar-refractivity contribution in [3.8, 4) is 0 Å². The molecule has 0 aliphatic heterocycles. The Bertz CT molecular complexity index is 625. The summed E-state index contributed by atoms with van der Waals surface area (Å²) in [4.78, 5) is 12.1. The monoisotopic (exact) mass is 263 g/mol. The predicted octanol–water partition coefficient (Wildman–Crippen LogP) is 3.60. The minimum Gasteiger partial charge on any atom is -0.398 e. The molecular formula is C14H11ClFNO. The van der Waals surface area contributed by atoms with Gasteiger partial charge in [0.1, 0.15) is 5.82 Å². The van der Waals surface area contributed by atoms with Gasteiger partial charge in [-0.05, 0) is 37.3 Å². The van der Waals surface area contributed by atoms with Gasteiger partial charge in [-0.3, -0.25) is 4.79 Å². The van der Waals surface area contributed by atoms with E-state index in [2.05, 4.69) is 0 Å². The first-order chi connectivity index (χ1) is 8.49. The number of benzene rings is 2. The van der Waals surface area contributed by atoms with Crippen LogP contribution in [0.1, 0.15) is 21.5 Å². The Labute approximate surface area is 109 Å². The molecule has 0 aliphatic rings. The number of hydrogen-bond donors (Lipinski definition) is 1. The van der Waals surface area contributed by atoms with Crippen LogP contribution in [0.4, 0.5) is 10.1 Å². The lowest BCUT2D eigenvalue weighted by Gasteiger charge is -2.05. The molecule has 2 nitrogen and oxygen atoms in total. The number of rotatable bonds is 2. The molecule has 0 unspecified atom stereocenters. The highest BCUT2D eigenvalue weighted by Crippen LogP contribution is 2.22. The second-order valence-electron chi connectivity index (χ2n) is 4.05. The smallest absolute Gasteiger partial charge is 0.196 e. The van der Waals surface area contributed by atoms with Crippen molar-refractivity contribution in [3.63, 3.8) is 0 Å². The van der Waals surface area contributed by atoms with Gasteiger partial charge in [-0.1, -0.05) is 23.2 Å². The van der Waals surface area contributed by atoms with Crippen LogP contribution < -0.4 is 5.73 Å². The van der Waals surface area contributed by atoms with Gasteiger partial charge < -0.3 is 5.73 Å². The Kier molecular flexibility index (Phi) is 3.34. The highest BCUT2D eigenvalue weighted by atomic mass is 35.5. The third kappa shape index (κ3) is 2.36. The quantitative estimate of drug-likeness (QED) is 0.664. The van der Waals surface area contributed by atoms with Gasteiger partial charge in [0.2, 0.25) is 0 Å². The fourth-order valence-corrected chi connectivity index (χ4v) is 1.77. The van der Waals surface area contributed by atoms with E-state index in [1.54, 1.807) is 13.0 Å². The van der Waals surface area contributed by atoms with Crippen molar-refractivity contribution in [2.24, 2.45) is 0 Å². The van der Waals surface area contributed by atoms with Crippen molar-refractivity contribution in [2.75, 3.05) is 5.73 Å². The Morgan fingerprint density at radius 3 is 2.61 bits per heavy atom. The molecule has 0 fully saturated rings. The number of aryl methyl sites for hydroxylation is 1. The molecule has 0 aromatic heterocycles. The lowest BCUT2D eigenvalue weighted by molar-refractivity contribution is 0.103. The zero-order valence-electron chi connectivity index (χ0n) is 9.71. The van der Waals surface area contributed by atoms with Gasteiger partial charge in [0.25, 0.3) is 0 Å². The lowest BCUT2D eigenvalue weighted by atomic mass is 10.0. The molecule has 0 radical (unpaired) electrons. The Hall–Kier alpha value is -1.87. The zero-order chi connectivity index (χ0) is 13.3. The van der Waals surface area contributed by atoms with E-state index in [4.69, 9.17) is 17.3 Å². The molecule has 2 aromatic rings. The van der Waals surface area contributed by atoms with E-state index < -0.39 is 11.6 Å². The second-order valence-corrected chi connectivity index (χ2v) is 4.46. The molecule has 0 aliphatic carbocycles. The summed E-state index contributed by atoms with van der Waals surface area (Å²) >= 11 is 5.78. The Morgan fingerprint density at radius 1 is 1.22 bits per heavy atom. The zero-order valence-corrected chi connectivity index (χ0v) is 10.5.